The molecule has 2 rings (SSSR count). The van der Waals surface area contributed by atoms with Crippen molar-refractivity contribution < 1.29 is 9.52 Å². The minimum atomic E-state index is -0.416. The molecule has 0 fully saturated rings. The summed E-state index contributed by atoms with van der Waals surface area (Å²) in [7, 11) is 0. The first-order chi connectivity index (χ1) is 9.67. The topological polar surface area (TPSA) is 33.4 Å². The smallest absolute Gasteiger partial charge is 0.134 e. The van der Waals surface area contributed by atoms with Crippen LogP contribution in [0.15, 0.2) is 28.7 Å². The molecule has 1 aromatic heterocycles. The second kappa shape index (κ2) is 6.94. The molecule has 2 aromatic rings. The molecule has 0 aliphatic carbocycles. The van der Waals surface area contributed by atoms with Crippen LogP contribution in [-0.2, 0) is 0 Å². The van der Waals surface area contributed by atoms with Crippen LogP contribution in [0, 0.1) is 12.8 Å². The highest BCUT2D eigenvalue weighted by Gasteiger charge is 2.21. The van der Waals surface area contributed by atoms with Crippen LogP contribution in [0.4, 0.5) is 0 Å². The van der Waals surface area contributed by atoms with Gasteiger partial charge >= 0.3 is 0 Å². The van der Waals surface area contributed by atoms with Gasteiger partial charge in [-0.25, -0.2) is 0 Å². The Morgan fingerprint density at radius 1 is 1.20 bits per heavy atom. The van der Waals surface area contributed by atoms with Crippen molar-refractivity contribution in [2.45, 2.75) is 59.0 Å². The first-order valence-electron chi connectivity index (χ1n) is 7.83. The van der Waals surface area contributed by atoms with Crippen molar-refractivity contribution in [3.63, 3.8) is 0 Å². The van der Waals surface area contributed by atoms with Crippen molar-refractivity contribution >= 4 is 11.0 Å². The highest BCUT2D eigenvalue weighted by atomic mass is 16.3. The molecule has 1 heterocycles. The fraction of sp³-hybridized carbons (Fsp3) is 0.556. The van der Waals surface area contributed by atoms with Crippen molar-refractivity contribution in [2.24, 2.45) is 5.92 Å². The molecule has 2 nitrogen and oxygen atoms in total. The molecule has 0 spiro atoms. The summed E-state index contributed by atoms with van der Waals surface area (Å²) in [6, 6.07) is 7.98. The number of benzene rings is 1. The quantitative estimate of drug-likeness (QED) is 0.735. The van der Waals surface area contributed by atoms with Gasteiger partial charge in [-0.2, -0.15) is 0 Å². The average Bonchev–Trinajstić information content (AvgIpc) is 2.79. The molecule has 1 N–H and O–H groups in total. The van der Waals surface area contributed by atoms with Crippen LogP contribution >= 0.6 is 0 Å². The van der Waals surface area contributed by atoms with Gasteiger partial charge in [-0.05, 0) is 25.3 Å². The van der Waals surface area contributed by atoms with E-state index in [1.165, 1.54) is 19.3 Å². The van der Waals surface area contributed by atoms with Gasteiger partial charge in [0.2, 0.25) is 0 Å². The van der Waals surface area contributed by atoms with E-state index in [0.29, 0.717) is 5.92 Å². The van der Waals surface area contributed by atoms with Gasteiger partial charge in [0.25, 0.3) is 0 Å². The number of hydrogen-bond donors (Lipinski definition) is 1. The summed E-state index contributed by atoms with van der Waals surface area (Å²) in [5.74, 6) is 1.45. The first-order valence-corrected chi connectivity index (χ1v) is 7.83. The molecule has 0 radical (unpaired) electrons. The molecule has 0 aliphatic rings. The SMILES string of the molecule is CCCCC(CC)CC(O)c1c(C)oc2ccccc12. The Morgan fingerprint density at radius 3 is 2.65 bits per heavy atom. The largest absolute Gasteiger partial charge is 0.461 e. The normalized spacial score (nSPS) is 14.6. The number of para-hydroxylation sites is 1. The molecule has 0 amide bonds. The molecule has 2 unspecified atom stereocenters. The van der Waals surface area contributed by atoms with Crippen LogP contribution in [-0.4, -0.2) is 5.11 Å². The van der Waals surface area contributed by atoms with Gasteiger partial charge in [-0.3, -0.25) is 0 Å². The Balaban J connectivity index is 2.18. The fourth-order valence-corrected chi connectivity index (χ4v) is 3.02. The monoisotopic (exact) mass is 274 g/mol. The van der Waals surface area contributed by atoms with Crippen LogP contribution in [0.2, 0.25) is 0 Å². The maximum Gasteiger partial charge on any atom is 0.134 e. The number of fused-ring (bicyclic) bond motifs is 1. The number of rotatable bonds is 7. The van der Waals surface area contributed by atoms with Gasteiger partial charge in [-0.15, -0.1) is 0 Å². The van der Waals surface area contributed by atoms with Gasteiger partial charge in [0.1, 0.15) is 11.3 Å². The van der Waals surface area contributed by atoms with E-state index >= 15 is 0 Å². The van der Waals surface area contributed by atoms with E-state index in [0.717, 1.165) is 35.1 Å². The molecule has 0 saturated carbocycles. The Kier molecular flexibility index (Phi) is 5.24. The van der Waals surface area contributed by atoms with E-state index in [-0.39, 0.29) is 0 Å². The number of unbranched alkanes of at least 4 members (excludes halogenated alkanes) is 1. The third kappa shape index (κ3) is 3.24. The summed E-state index contributed by atoms with van der Waals surface area (Å²) in [5, 5.41) is 11.7. The van der Waals surface area contributed by atoms with Crippen molar-refractivity contribution in [2.75, 3.05) is 0 Å². The van der Waals surface area contributed by atoms with Crippen LogP contribution in [0.1, 0.15) is 63.4 Å². The van der Waals surface area contributed by atoms with Crippen LogP contribution < -0.4 is 0 Å². The van der Waals surface area contributed by atoms with Gasteiger partial charge in [0.15, 0.2) is 0 Å². The van der Waals surface area contributed by atoms with E-state index in [9.17, 15) is 5.11 Å². The maximum absolute atomic E-state index is 10.6. The summed E-state index contributed by atoms with van der Waals surface area (Å²) in [6.45, 7) is 6.38. The predicted molar refractivity (Wildman–Crippen MR) is 83.8 cm³/mol. The molecule has 0 bridgehead atoms. The molecule has 0 aliphatic heterocycles. The minimum absolute atomic E-state index is 0.416. The van der Waals surface area contributed by atoms with Gasteiger partial charge in [0, 0.05) is 10.9 Å². The summed E-state index contributed by atoms with van der Waals surface area (Å²) >= 11 is 0. The van der Waals surface area contributed by atoms with Crippen molar-refractivity contribution in [3.05, 3.63) is 35.6 Å². The minimum Gasteiger partial charge on any atom is -0.461 e. The van der Waals surface area contributed by atoms with Gasteiger partial charge in [-0.1, -0.05) is 57.7 Å². The summed E-state index contributed by atoms with van der Waals surface area (Å²) in [6.07, 6.45) is 5.22. The average molecular weight is 274 g/mol. The highest BCUT2D eigenvalue weighted by molar-refractivity contribution is 5.82. The summed E-state index contributed by atoms with van der Waals surface area (Å²) < 4.78 is 5.76. The summed E-state index contributed by atoms with van der Waals surface area (Å²) in [4.78, 5) is 0. The third-order valence-electron chi connectivity index (χ3n) is 4.25. The highest BCUT2D eigenvalue weighted by Crippen LogP contribution is 2.34. The standard InChI is InChI=1S/C18H26O2/c1-4-6-9-14(5-2)12-16(19)18-13(3)20-17-11-8-7-10-15(17)18/h7-8,10-11,14,16,19H,4-6,9,12H2,1-3H3. The Bertz CT molecular complexity index is 541. The van der Waals surface area contributed by atoms with E-state index < -0.39 is 6.10 Å². The molecule has 110 valence electrons. The number of furan rings is 1. The molecular formula is C18H26O2. The van der Waals surface area contributed by atoms with Crippen molar-refractivity contribution in [3.8, 4) is 0 Å². The number of aryl methyl sites for hydroxylation is 1. The van der Waals surface area contributed by atoms with Crippen LogP contribution in [0.25, 0.3) is 11.0 Å². The first kappa shape index (κ1) is 15.1. The van der Waals surface area contributed by atoms with Crippen molar-refractivity contribution in [1.29, 1.82) is 0 Å². The number of hydrogen-bond acceptors (Lipinski definition) is 2. The molecule has 2 heteroatoms. The van der Waals surface area contributed by atoms with E-state index in [1.54, 1.807) is 0 Å². The van der Waals surface area contributed by atoms with Gasteiger partial charge < -0.3 is 9.52 Å². The second-order valence-corrected chi connectivity index (χ2v) is 5.74. The lowest BCUT2D eigenvalue weighted by atomic mass is 9.90. The molecule has 20 heavy (non-hydrogen) atoms. The van der Waals surface area contributed by atoms with Crippen LogP contribution in [0.5, 0.6) is 0 Å². The molecular weight excluding hydrogens is 248 g/mol. The Morgan fingerprint density at radius 2 is 1.95 bits per heavy atom. The molecule has 0 saturated heterocycles. The zero-order chi connectivity index (χ0) is 14.5. The Labute approximate surface area is 121 Å². The lowest BCUT2D eigenvalue weighted by Crippen LogP contribution is -2.07. The molecule has 1 aromatic carbocycles. The van der Waals surface area contributed by atoms with E-state index in [1.807, 2.05) is 31.2 Å². The molecule has 2 atom stereocenters. The van der Waals surface area contributed by atoms with Gasteiger partial charge in [0.05, 0.1) is 6.10 Å². The van der Waals surface area contributed by atoms with E-state index in [2.05, 4.69) is 13.8 Å². The summed E-state index contributed by atoms with van der Waals surface area (Å²) in [5.41, 5.74) is 1.86. The lowest BCUT2D eigenvalue weighted by Gasteiger charge is -2.18. The zero-order valence-electron chi connectivity index (χ0n) is 12.9. The second-order valence-electron chi connectivity index (χ2n) is 5.74. The number of aliphatic hydroxyl groups excluding tert-OH is 1. The lowest BCUT2D eigenvalue weighted by molar-refractivity contribution is 0.138. The predicted octanol–water partition coefficient (Wildman–Crippen LogP) is 5.38. The van der Waals surface area contributed by atoms with Crippen molar-refractivity contribution in [1.82, 2.24) is 0 Å². The Hall–Kier alpha value is -1.28. The maximum atomic E-state index is 10.6. The zero-order valence-corrected chi connectivity index (χ0v) is 12.9. The van der Waals surface area contributed by atoms with E-state index in [4.69, 9.17) is 4.42 Å². The number of aliphatic hydroxyl groups is 1. The fourth-order valence-electron chi connectivity index (χ4n) is 3.02. The third-order valence-corrected chi connectivity index (χ3v) is 4.25. The van der Waals surface area contributed by atoms with Crippen LogP contribution in [0.3, 0.4) is 0 Å².